The molecule has 2 aromatic rings. The largest absolute Gasteiger partial charge is 0.450 e. The lowest BCUT2D eigenvalue weighted by Gasteiger charge is -2.05. The van der Waals surface area contributed by atoms with E-state index in [1.807, 2.05) is 0 Å². The van der Waals surface area contributed by atoms with Gasteiger partial charge in [0, 0.05) is 12.2 Å². The lowest BCUT2D eigenvalue weighted by molar-refractivity contribution is -0.119. The average molecular weight is 400 g/mol. The van der Waals surface area contributed by atoms with Gasteiger partial charge in [-0.3, -0.25) is 4.79 Å². The summed E-state index contributed by atoms with van der Waals surface area (Å²) in [6.45, 7) is -0.591. The highest BCUT2D eigenvalue weighted by molar-refractivity contribution is 7.89. The number of halogens is 1. The van der Waals surface area contributed by atoms with Gasteiger partial charge in [-0.1, -0.05) is 11.6 Å². The van der Waals surface area contributed by atoms with Crippen molar-refractivity contribution in [3.05, 3.63) is 41.2 Å². The summed E-state index contributed by atoms with van der Waals surface area (Å²) in [5.41, 5.74) is 0. The second-order valence-electron chi connectivity index (χ2n) is 5.50. The molecular weight excluding hydrogens is 386 g/mol. The Morgan fingerprint density at radius 1 is 1.27 bits per heavy atom. The molecule has 0 spiro atoms. The first-order chi connectivity index (χ1) is 12.3. The summed E-state index contributed by atoms with van der Waals surface area (Å²) in [5, 5.41) is 2.44. The summed E-state index contributed by atoms with van der Waals surface area (Å²) in [6.07, 6.45) is 2.89. The summed E-state index contributed by atoms with van der Waals surface area (Å²) in [5.74, 6) is -1.66. The Hall–Kier alpha value is -2.43. The van der Waals surface area contributed by atoms with Gasteiger partial charge in [-0.15, -0.1) is 0 Å². The van der Waals surface area contributed by atoms with Crippen molar-refractivity contribution >= 4 is 39.3 Å². The number of rotatable bonds is 7. The van der Waals surface area contributed by atoms with Crippen molar-refractivity contribution in [2.75, 3.05) is 11.9 Å². The Morgan fingerprint density at radius 3 is 2.69 bits per heavy atom. The number of pyridine rings is 1. The van der Waals surface area contributed by atoms with Crippen molar-refractivity contribution in [2.45, 2.75) is 24.0 Å². The van der Waals surface area contributed by atoms with Crippen LogP contribution in [0, 0.1) is 0 Å². The van der Waals surface area contributed by atoms with Gasteiger partial charge in [-0.2, -0.15) is 0 Å². The fourth-order valence-electron chi connectivity index (χ4n) is 1.88. The predicted molar refractivity (Wildman–Crippen MR) is 90.2 cm³/mol. The van der Waals surface area contributed by atoms with E-state index in [1.165, 1.54) is 24.4 Å². The molecule has 1 amide bonds. The number of furan rings is 1. The number of carbonyl (C=O) groups excluding carboxylic acids is 2. The third-order valence-corrected chi connectivity index (χ3v) is 4.89. The summed E-state index contributed by atoms with van der Waals surface area (Å²) in [6, 6.07) is 5.25. The van der Waals surface area contributed by atoms with Crippen LogP contribution in [0.15, 0.2) is 40.0 Å². The van der Waals surface area contributed by atoms with Crippen LogP contribution in [0.5, 0.6) is 0 Å². The van der Waals surface area contributed by atoms with E-state index >= 15 is 0 Å². The molecule has 0 aromatic carbocycles. The molecule has 26 heavy (non-hydrogen) atoms. The molecule has 0 bridgehead atoms. The number of esters is 1. The van der Waals surface area contributed by atoms with Crippen LogP contribution in [0.1, 0.15) is 23.4 Å². The van der Waals surface area contributed by atoms with Crippen LogP contribution in [0.25, 0.3) is 0 Å². The van der Waals surface area contributed by atoms with Gasteiger partial charge >= 0.3 is 5.97 Å². The van der Waals surface area contributed by atoms with Gasteiger partial charge in [-0.25, -0.2) is 22.9 Å². The first-order valence-corrected chi connectivity index (χ1v) is 9.40. The summed E-state index contributed by atoms with van der Waals surface area (Å²) >= 11 is 5.68. The van der Waals surface area contributed by atoms with Crippen LogP contribution in [0.2, 0.25) is 5.02 Å². The van der Waals surface area contributed by atoms with Crippen LogP contribution in [0.4, 0.5) is 5.82 Å². The Balaban J connectivity index is 1.53. The standard InChI is InChI=1S/C15H14ClN3O6S/c16-9-1-5-12(17-7-9)18-13(20)8-24-15(21)11-4-6-14(25-11)26(22,23)19-10-2-3-10/h1,4-7,10,19H,2-3,8H2,(H,17,18,20). The van der Waals surface area contributed by atoms with E-state index in [1.54, 1.807) is 0 Å². The van der Waals surface area contributed by atoms with Crippen molar-refractivity contribution in [2.24, 2.45) is 0 Å². The Bertz CT molecular complexity index is 921. The van der Waals surface area contributed by atoms with Gasteiger partial charge in [-0.05, 0) is 37.1 Å². The third kappa shape index (κ3) is 4.81. The highest BCUT2D eigenvalue weighted by Gasteiger charge is 2.30. The van der Waals surface area contributed by atoms with Crippen molar-refractivity contribution in [1.29, 1.82) is 0 Å². The first-order valence-electron chi connectivity index (χ1n) is 7.54. The van der Waals surface area contributed by atoms with E-state index in [-0.39, 0.29) is 22.7 Å². The van der Waals surface area contributed by atoms with Gasteiger partial charge in [0.15, 0.2) is 6.61 Å². The second kappa shape index (κ2) is 7.44. The Kier molecular flexibility index (Phi) is 5.25. The maximum absolute atomic E-state index is 12.0. The minimum atomic E-state index is -3.81. The van der Waals surface area contributed by atoms with Crippen LogP contribution in [0.3, 0.4) is 0 Å². The van der Waals surface area contributed by atoms with E-state index < -0.39 is 28.5 Å². The zero-order valence-corrected chi connectivity index (χ0v) is 14.8. The molecule has 1 fully saturated rings. The smallest absolute Gasteiger partial charge is 0.374 e. The topological polar surface area (TPSA) is 128 Å². The first kappa shape index (κ1) is 18.4. The van der Waals surface area contributed by atoms with E-state index in [9.17, 15) is 18.0 Å². The molecule has 1 aliphatic carbocycles. The number of hydrogen-bond donors (Lipinski definition) is 2. The van der Waals surface area contributed by atoms with Crippen molar-refractivity contribution < 1.29 is 27.2 Å². The van der Waals surface area contributed by atoms with Gasteiger partial charge < -0.3 is 14.5 Å². The lowest BCUT2D eigenvalue weighted by Crippen LogP contribution is -2.25. The van der Waals surface area contributed by atoms with Crippen LogP contribution in [-0.4, -0.2) is 37.9 Å². The van der Waals surface area contributed by atoms with Crippen molar-refractivity contribution in [3.63, 3.8) is 0 Å². The fraction of sp³-hybridized carbons (Fsp3) is 0.267. The number of ether oxygens (including phenoxy) is 1. The highest BCUT2D eigenvalue weighted by atomic mass is 35.5. The molecule has 11 heteroatoms. The molecular formula is C15H14ClN3O6S. The number of nitrogens with one attached hydrogen (secondary N) is 2. The van der Waals surface area contributed by atoms with E-state index in [0.29, 0.717) is 5.02 Å². The maximum Gasteiger partial charge on any atom is 0.374 e. The van der Waals surface area contributed by atoms with Gasteiger partial charge in [0.2, 0.25) is 10.9 Å². The normalized spacial score (nSPS) is 14.0. The van der Waals surface area contributed by atoms with Gasteiger partial charge in [0.1, 0.15) is 5.82 Å². The van der Waals surface area contributed by atoms with Crippen LogP contribution in [-0.2, 0) is 19.6 Å². The van der Waals surface area contributed by atoms with E-state index in [0.717, 1.165) is 18.9 Å². The monoisotopic (exact) mass is 399 g/mol. The number of nitrogens with zero attached hydrogens (tertiary/aromatic N) is 1. The molecule has 1 aliphatic rings. The van der Waals surface area contributed by atoms with Crippen molar-refractivity contribution in [1.82, 2.24) is 9.71 Å². The summed E-state index contributed by atoms with van der Waals surface area (Å²) < 4.78 is 36.2. The fourth-order valence-corrected chi connectivity index (χ4v) is 3.23. The average Bonchev–Trinajstić information content (AvgIpc) is 3.24. The summed E-state index contributed by atoms with van der Waals surface area (Å²) in [4.78, 5) is 27.5. The number of amides is 1. The molecule has 2 N–H and O–H groups in total. The quantitative estimate of drug-likeness (QED) is 0.676. The number of sulfonamides is 1. The Labute approximate surface area is 153 Å². The zero-order chi connectivity index (χ0) is 18.7. The van der Waals surface area contributed by atoms with Crippen LogP contribution >= 0.6 is 11.6 Å². The zero-order valence-electron chi connectivity index (χ0n) is 13.3. The predicted octanol–water partition coefficient (Wildman–Crippen LogP) is 1.56. The molecule has 0 radical (unpaired) electrons. The summed E-state index contributed by atoms with van der Waals surface area (Å²) in [7, 11) is -3.81. The molecule has 2 aromatic heterocycles. The molecule has 2 heterocycles. The Morgan fingerprint density at radius 2 is 2.04 bits per heavy atom. The molecule has 1 saturated carbocycles. The molecule has 0 unspecified atom stereocenters. The van der Waals surface area contributed by atoms with Crippen molar-refractivity contribution in [3.8, 4) is 0 Å². The number of aromatic nitrogens is 1. The molecule has 0 aliphatic heterocycles. The molecule has 9 nitrogen and oxygen atoms in total. The van der Waals surface area contributed by atoms with E-state index in [2.05, 4.69) is 15.0 Å². The van der Waals surface area contributed by atoms with E-state index in [4.69, 9.17) is 20.8 Å². The number of carbonyl (C=O) groups is 2. The molecule has 3 rings (SSSR count). The van der Waals surface area contributed by atoms with Gasteiger partial charge in [0.05, 0.1) is 5.02 Å². The molecule has 0 saturated heterocycles. The number of anilines is 1. The highest BCUT2D eigenvalue weighted by Crippen LogP contribution is 2.23. The second-order valence-corrected chi connectivity index (χ2v) is 7.58. The minimum Gasteiger partial charge on any atom is -0.450 e. The maximum atomic E-state index is 12.0. The lowest BCUT2D eigenvalue weighted by atomic mass is 10.4. The molecule has 0 atom stereocenters. The minimum absolute atomic E-state index is 0.0920. The number of hydrogen-bond acceptors (Lipinski definition) is 7. The third-order valence-electron chi connectivity index (χ3n) is 3.28. The van der Waals surface area contributed by atoms with Crippen LogP contribution < -0.4 is 10.0 Å². The van der Waals surface area contributed by atoms with Gasteiger partial charge in [0.25, 0.3) is 15.9 Å². The molecule has 138 valence electrons. The SMILES string of the molecule is O=C(COC(=O)c1ccc(S(=O)(=O)NC2CC2)o1)Nc1ccc(Cl)cn1.